The molecule has 0 radical (unpaired) electrons. The number of rotatable bonds is 4. The molecule has 0 spiro atoms. The molecule has 0 unspecified atom stereocenters. The molecule has 5 nitrogen and oxygen atoms in total. The second kappa shape index (κ2) is 7.69. The van der Waals surface area contributed by atoms with Crippen LogP contribution in [0.2, 0.25) is 0 Å². The molecular formula is C22H25NO4. The molecule has 1 aromatic rings. The Hall–Kier alpha value is -2.40. The smallest absolute Gasteiger partial charge is 0.336 e. The van der Waals surface area contributed by atoms with Gasteiger partial charge in [-0.05, 0) is 38.2 Å². The van der Waals surface area contributed by atoms with Crippen LogP contribution in [0.5, 0.6) is 0 Å². The average molecular weight is 367 g/mol. The molecule has 1 aliphatic carbocycles. The number of ether oxygens (including phenoxy) is 2. The number of dihydropyridines is 1. The number of carbonyl (C=O) groups is 2. The third kappa shape index (κ3) is 3.56. The van der Waals surface area contributed by atoms with Crippen LogP contribution in [0.25, 0.3) is 0 Å². The number of benzene rings is 1. The molecule has 0 amide bonds. The normalized spacial score (nSPS) is 25.3. The zero-order chi connectivity index (χ0) is 18.8. The predicted octanol–water partition coefficient (Wildman–Crippen LogP) is 3.38. The molecular weight excluding hydrogens is 342 g/mol. The van der Waals surface area contributed by atoms with Gasteiger partial charge in [-0.1, -0.05) is 30.3 Å². The maximum Gasteiger partial charge on any atom is 0.336 e. The van der Waals surface area contributed by atoms with Gasteiger partial charge >= 0.3 is 5.97 Å². The zero-order valence-electron chi connectivity index (χ0n) is 15.6. The van der Waals surface area contributed by atoms with E-state index in [1.807, 2.05) is 37.3 Å². The minimum Gasteiger partial charge on any atom is -0.459 e. The van der Waals surface area contributed by atoms with E-state index in [1.54, 1.807) is 0 Å². The van der Waals surface area contributed by atoms with E-state index >= 15 is 0 Å². The molecule has 2 aliphatic heterocycles. The Bertz CT molecular complexity index is 803. The van der Waals surface area contributed by atoms with Gasteiger partial charge in [0.25, 0.3) is 0 Å². The molecule has 5 heteroatoms. The lowest BCUT2D eigenvalue weighted by molar-refractivity contribution is -0.142. The molecule has 0 bridgehead atoms. The van der Waals surface area contributed by atoms with Crippen LogP contribution in [0.1, 0.15) is 50.5 Å². The van der Waals surface area contributed by atoms with Crippen molar-refractivity contribution in [2.75, 3.05) is 13.2 Å². The summed E-state index contributed by atoms with van der Waals surface area (Å²) in [5.74, 6) is -0.615. The Morgan fingerprint density at radius 3 is 2.78 bits per heavy atom. The van der Waals surface area contributed by atoms with Gasteiger partial charge in [0.05, 0.1) is 11.7 Å². The van der Waals surface area contributed by atoms with Crippen LogP contribution in [0.4, 0.5) is 0 Å². The van der Waals surface area contributed by atoms with Crippen LogP contribution in [-0.2, 0) is 19.1 Å². The fourth-order valence-corrected chi connectivity index (χ4v) is 4.25. The summed E-state index contributed by atoms with van der Waals surface area (Å²) in [6.45, 7) is 2.88. The lowest BCUT2D eigenvalue weighted by Gasteiger charge is -2.34. The lowest BCUT2D eigenvalue weighted by atomic mass is 9.75. The molecule has 3 aliphatic rings. The highest BCUT2D eigenvalue weighted by atomic mass is 16.6. The van der Waals surface area contributed by atoms with Gasteiger partial charge in [0.1, 0.15) is 6.61 Å². The summed E-state index contributed by atoms with van der Waals surface area (Å²) < 4.78 is 11.2. The van der Waals surface area contributed by atoms with Crippen LogP contribution in [0.15, 0.2) is 52.9 Å². The molecule has 1 fully saturated rings. The highest BCUT2D eigenvalue weighted by Crippen LogP contribution is 2.42. The first-order valence-electron chi connectivity index (χ1n) is 9.73. The van der Waals surface area contributed by atoms with Crippen LogP contribution < -0.4 is 5.32 Å². The van der Waals surface area contributed by atoms with E-state index in [4.69, 9.17) is 9.47 Å². The number of ketones is 1. The maximum atomic E-state index is 13.0. The summed E-state index contributed by atoms with van der Waals surface area (Å²) in [6, 6.07) is 9.77. The molecule has 1 saturated heterocycles. The Labute approximate surface area is 159 Å². The lowest BCUT2D eigenvalue weighted by Crippen LogP contribution is -2.35. The number of Topliss-reactive ketones (excluding diaryl/α,β-unsaturated/α-hetero) is 1. The number of allylic oxidation sites excluding steroid dienone is 3. The molecule has 1 N–H and O–H groups in total. The third-order valence-corrected chi connectivity index (χ3v) is 5.55. The van der Waals surface area contributed by atoms with E-state index < -0.39 is 0 Å². The fraction of sp³-hybridized carbons (Fsp3) is 0.455. The largest absolute Gasteiger partial charge is 0.459 e. The van der Waals surface area contributed by atoms with Gasteiger partial charge < -0.3 is 14.8 Å². The zero-order valence-corrected chi connectivity index (χ0v) is 15.6. The van der Waals surface area contributed by atoms with Crippen LogP contribution in [0, 0.1) is 0 Å². The van der Waals surface area contributed by atoms with E-state index in [-0.39, 0.29) is 30.4 Å². The summed E-state index contributed by atoms with van der Waals surface area (Å²) in [6.07, 6.45) is 4.11. The van der Waals surface area contributed by atoms with Crippen molar-refractivity contribution in [2.24, 2.45) is 0 Å². The van der Waals surface area contributed by atoms with Crippen molar-refractivity contribution >= 4 is 11.8 Å². The van der Waals surface area contributed by atoms with Gasteiger partial charge in [0.15, 0.2) is 5.78 Å². The second-order valence-corrected chi connectivity index (χ2v) is 7.41. The molecule has 27 heavy (non-hydrogen) atoms. The minimum atomic E-state index is -0.368. The van der Waals surface area contributed by atoms with Gasteiger partial charge in [-0.25, -0.2) is 4.79 Å². The van der Waals surface area contributed by atoms with Gasteiger partial charge in [0.2, 0.25) is 0 Å². The van der Waals surface area contributed by atoms with E-state index in [0.717, 1.165) is 54.8 Å². The topological polar surface area (TPSA) is 64.6 Å². The summed E-state index contributed by atoms with van der Waals surface area (Å²) in [4.78, 5) is 25.8. The van der Waals surface area contributed by atoms with E-state index in [0.29, 0.717) is 12.0 Å². The monoisotopic (exact) mass is 367 g/mol. The first-order chi connectivity index (χ1) is 13.1. The Balaban J connectivity index is 1.67. The molecule has 4 rings (SSSR count). The van der Waals surface area contributed by atoms with Crippen molar-refractivity contribution in [3.63, 3.8) is 0 Å². The number of esters is 1. The van der Waals surface area contributed by atoms with Crippen LogP contribution >= 0.6 is 0 Å². The standard InChI is InChI=1S/C22H25NO4/c1-14-19(22(25)27-13-16-9-6-12-26-16)20(15-7-3-2-4-8-15)21-17(23-14)10-5-11-18(21)24/h2-4,7-8,16,20,23H,5-6,9-13H2,1H3/t16-,20+/m1/s1. The highest BCUT2D eigenvalue weighted by Gasteiger charge is 2.39. The molecule has 2 heterocycles. The molecule has 142 valence electrons. The van der Waals surface area contributed by atoms with E-state index in [1.165, 1.54) is 0 Å². The molecule has 2 atom stereocenters. The highest BCUT2D eigenvalue weighted by molar-refractivity contribution is 6.03. The fourth-order valence-electron chi connectivity index (χ4n) is 4.25. The third-order valence-electron chi connectivity index (χ3n) is 5.55. The second-order valence-electron chi connectivity index (χ2n) is 7.41. The predicted molar refractivity (Wildman–Crippen MR) is 101 cm³/mol. The minimum absolute atomic E-state index is 0.0207. The van der Waals surface area contributed by atoms with Crippen molar-refractivity contribution in [3.8, 4) is 0 Å². The summed E-state index contributed by atoms with van der Waals surface area (Å²) in [5, 5.41) is 3.31. The van der Waals surface area contributed by atoms with Gasteiger partial charge in [-0.2, -0.15) is 0 Å². The average Bonchev–Trinajstić information content (AvgIpc) is 3.19. The molecule has 0 saturated carbocycles. The number of hydrogen-bond donors (Lipinski definition) is 1. The van der Waals surface area contributed by atoms with Crippen LogP contribution in [-0.4, -0.2) is 31.1 Å². The van der Waals surface area contributed by atoms with E-state index in [9.17, 15) is 9.59 Å². The SMILES string of the molecule is CC1=C(C(=O)OC[C@H]2CCCO2)[C@H](c2ccccc2)C2=C(CCCC2=O)N1. The first kappa shape index (κ1) is 18.0. The Morgan fingerprint density at radius 2 is 2.04 bits per heavy atom. The van der Waals surface area contributed by atoms with Crippen LogP contribution in [0.3, 0.4) is 0 Å². The first-order valence-corrected chi connectivity index (χ1v) is 9.73. The number of nitrogens with one attached hydrogen (secondary N) is 1. The van der Waals surface area contributed by atoms with Gasteiger partial charge in [0, 0.05) is 35.9 Å². The van der Waals surface area contributed by atoms with Gasteiger partial charge in [-0.15, -0.1) is 0 Å². The molecule has 1 aromatic carbocycles. The summed E-state index contributed by atoms with van der Waals surface area (Å²) >= 11 is 0. The molecule has 0 aromatic heterocycles. The summed E-state index contributed by atoms with van der Waals surface area (Å²) in [5.41, 5.74) is 3.93. The number of carbonyl (C=O) groups excluding carboxylic acids is 2. The quantitative estimate of drug-likeness (QED) is 0.827. The van der Waals surface area contributed by atoms with Gasteiger partial charge in [-0.3, -0.25) is 4.79 Å². The van der Waals surface area contributed by atoms with Crippen molar-refractivity contribution in [1.82, 2.24) is 5.32 Å². The van der Waals surface area contributed by atoms with Crippen molar-refractivity contribution < 1.29 is 19.1 Å². The Kier molecular flexibility index (Phi) is 5.12. The van der Waals surface area contributed by atoms with E-state index in [2.05, 4.69) is 5.32 Å². The van der Waals surface area contributed by atoms with Crippen molar-refractivity contribution in [3.05, 3.63) is 58.4 Å². The maximum absolute atomic E-state index is 13.0. The number of hydrogen-bond acceptors (Lipinski definition) is 5. The Morgan fingerprint density at radius 1 is 1.22 bits per heavy atom. The van der Waals surface area contributed by atoms with Crippen molar-refractivity contribution in [2.45, 2.75) is 51.0 Å². The van der Waals surface area contributed by atoms with Crippen molar-refractivity contribution in [1.29, 1.82) is 0 Å². The summed E-state index contributed by atoms with van der Waals surface area (Å²) in [7, 11) is 0.